The molecule has 0 saturated carbocycles. The average molecular weight is 442 g/mol. The number of methoxy groups -OCH3 is 2. The molecule has 10 heteroatoms. The lowest BCUT2D eigenvalue weighted by Crippen LogP contribution is -2.28. The topological polar surface area (TPSA) is 119 Å². The van der Waals surface area contributed by atoms with Gasteiger partial charge in [-0.3, -0.25) is 14.4 Å². The number of nitrogens with one attached hydrogen (secondary N) is 2. The number of aromatic nitrogens is 1. The van der Waals surface area contributed by atoms with Crippen LogP contribution in [-0.4, -0.2) is 49.7 Å². The minimum Gasteiger partial charge on any atom is -0.493 e. The van der Waals surface area contributed by atoms with Crippen LogP contribution in [0.1, 0.15) is 11.3 Å². The van der Waals surface area contributed by atoms with Gasteiger partial charge < -0.3 is 20.1 Å². The largest absolute Gasteiger partial charge is 0.493 e. The molecular weight excluding hydrogens is 420 g/mol. The maximum Gasteiger partial charge on any atom is 0.262 e. The molecule has 2 aromatic rings. The van der Waals surface area contributed by atoms with Gasteiger partial charge in [0, 0.05) is 18.1 Å². The zero-order valence-electron chi connectivity index (χ0n) is 17.1. The molecule has 0 aliphatic carbocycles. The van der Waals surface area contributed by atoms with E-state index in [4.69, 9.17) is 9.47 Å². The van der Waals surface area contributed by atoms with E-state index in [2.05, 4.69) is 20.6 Å². The van der Waals surface area contributed by atoms with Crippen LogP contribution >= 0.6 is 11.3 Å². The van der Waals surface area contributed by atoms with Crippen LogP contribution in [0.5, 0.6) is 11.5 Å². The van der Waals surface area contributed by atoms with Crippen molar-refractivity contribution in [3.05, 3.63) is 47.0 Å². The van der Waals surface area contributed by atoms with Crippen molar-refractivity contribution in [2.24, 2.45) is 10.9 Å². The van der Waals surface area contributed by atoms with Crippen molar-refractivity contribution < 1.29 is 23.9 Å². The quantitative estimate of drug-likeness (QED) is 0.572. The van der Waals surface area contributed by atoms with Crippen LogP contribution in [0, 0.1) is 5.92 Å². The van der Waals surface area contributed by atoms with E-state index in [-0.39, 0.29) is 12.3 Å². The number of carbonyl (C=O) groups is 3. The Balaban J connectivity index is 1.45. The smallest absolute Gasteiger partial charge is 0.262 e. The van der Waals surface area contributed by atoms with Gasteiger partial charge in [-0.25, -0.2) is 9.98 Å². The lowest BCUT2D eigenvalue weighted by molar-refractivity contribution is -0.128. The van der Waals surface area contributed by atoms with Crippen molar-refractivity contribution in [2.75, 3.05) is 26.1 Å². The van der Waals surface area contributed by atoms with Gasteiger partial charge in [0.05, 0.1) is 26.3 Å². The molecule has 0 spiro atoms. The fraction of sp³-hybridized carbons (Fsp3) is 0.286. The summed E-state index contributed by atoms with van der Waals surface area (Å²) in [5, 5.41) is 7.46. The first kappa shape index (κ1) is 22.2. The third-order valence-electron chi connectivity index (χ3n) is 4.45. The number of nitrogens with zero attached hydrogens (tertiary/aromatic N) is 2. The van der Waals surface area contributed by atoms with Crippen LogP contribution in [0.3, 0.4) is 0 Å². The highest BCUT2D eigenvalue weighted by Gasteiger charge is 2.25. The van der Waals surface area contributed by atoms with Gasteiger partial charge in [0.2, 0.25) is 11.8 Å². The monoisotopic (exact) mass is 442 g/mol. The summed E-state index contributed by atoms with van der Waals surface area (Å²) in [6.07, 6.45) is 5.09. The Kier molecular flexibility index (Phi) is 7.50. The predicted octanol–water partition coefficient (Wildman–Crippen LogP) is 1.78. The lowest BCUT2D eigenvalue weighted by Gasteiger charge is -2.10. The lowest BCUT2D eigenvalue weighted by atomic mass is 10.1. The van der Waals surface area contributed by atoms with Gasteiger partial charge in [0.25, 0.3) is 5.91 Å². The molecule has 162 valence electrons. The molecule has 1 aromatic heterocycles. The van der Waals surface area contributed by atoms with E-state index in [9.17, 15) is 14.4 Å². The molecule has 31 heavy (non-hydrogen) atoms. The summed E-state index contributed by atoms with van der Waals surface area (Å²) in [6.45, 7) is 0.457. The van der Waals surface area contributed by atoms with Gasteiger partial charge in [0.1, 0.15) is 5.92 Å². The van der Waals surface area contributed by atoms with Gasteiger partial charge in [-0.15, -0.1) is 11.3 Å². The van der Waals surface area contributed by atoms with E-state index in [0.717, 1.165) is 5.56 Å². The molecule has 0 fully saturated rings. The number of benzene rings is 1. The number of ether oxygens (including phenoxy) is 2. The predicted molar refractivity (Wildman–Crippen MR) is 117 cm³/mol. The van der Waals surface area contributed by atoms with E-state index >= 15 is 0 Å². The van der Waals surface area contributed by atoms with Crippen molar-refractivity contribution in [1.29, 1.82) is 0 Å². The van der Waals surface area contributed by atoms with Crippen molar-refractivity contribution in [1.82, 2.24) is 10.3 Å². The average Bonchev–Trinajstić information content (AvgIpc) is 3.20. The highest BCUT2D eigenvalue weighted by Crippen LogP contribution is 2.27. The fourth-order valence-corrected chi connectivity index (χ4v) is 3.59. The van der Waals surface area contributed by atoms with Crippen LogP contribution in [0.25, 0.3) is 0 Å². The first-order valence-corrected chi connectivity index (χ1v) is 10.4. The molecule has 0 saturated heterocycles. The number of dihydropyridines is 1. The Morgan fingerprint density at radius 2 is 2.00 bits per heavy atom. The number of carbonyl (C=O) groups excluding carboxylic acids is 3. The Morgan fingerprint density at radius 3 is 2.74 bits per heavy atom. The fourth-order valence-electron chi connectivity index (χ4n) is 2.88. The number of aliphatic imine (C=N–C) groups is 1. The normalized spacial score (nSPS) is 14.9. The molecule has 0 bridgehead atoms. The van der Waals surface area contributed by atoms with Crippen LogP contribution < -0.4 is 20.1 Å². The zero-order valence-corrected chi connectivity index (χ0v) is 17.9. The number of allylic oxidation sites excluding steroid dienone is 1. The van der Waals surface area contributed by atoms with Gasteiger partial charge >= 0.3 is 0 Å². The van der Waals surface area contributed by atoms with E-state index < -0.39 is 17.7 Å². The Labute approximate surface area is 183 Å². The third kappa shape index (κ3) is 5.98. The van der Waals surface area contributed by atoms with Crippen LogP contribution in [-0.2, 0) is 27.2 Å². The van der Waals surface area contributed by atoms with Gasteiger partial charge in [-0.2, -0.15) is 0 Å². The van der Waals surface area contributed by atoms with Crippen LogP contribution in [0.4, 0.5) is 5.13 Å². The maximum absolute atomic E-state index is 12.2. The van der Waals surface area contributed by atoms with E-state index in [0.29, 0.717) is 35.3 Å². The molecular formula is C21H22N4O5S. The maximum atomic E-state index is 12.2. The highest BCUT2D eigenvalue weighted by molar-refractivity contribution is 7.14. The SMILES string of the molecule is COc1ccc(CCNC(=O)Cc2csc(NC(=O)C3C=CC=NC3=O)n2)cc1OC. The summed E-state index contributed by atoms with van der Waals surface area (Å²) < 4.78 is 10.5. The van der Waals surface area contributed by atoms with Crippen molar-refractivity contribution in [3.8, 4) is 11.5 Å². The summed E-state index contributed by atoms with van der Waals surface area (Å²) in [5.74, 6) is -0.872. The second-order valence-electron chi connectivity index (χ2n) is 6.58. The standard InChI is InChI=1S/C21H22N4O5S/c1-29-16-6-5-13(10-17(16)30-2)7-9-22-18(26)11-14-12-31-21(24-14)25-20(28)15-4-3-8-23-19(15)27/h3-6,8,10,12,15H,7,9,11H2,1-2H3,(H,22,26)(H,24,25,28). The molecule has 2 heterocycles. The number of rotatable bonds is 9. The molecule has 1 unspecified atom stereocenters. The van der Waals surface area contributed by atoms with Crippen LogP contribution in [0.15, 0.2) is 40.7 Å². The van der Waals surface area contributed by atoms with Crippen molar-refractivity contribution in [2.45, 2.75) is 12.8 Å². The number of hydrogen-bond acceptors (Lipinski definition) is 7. The zero-order chi connectivity index (χ0) is 22.2. The molecule has 3 rings (SSSR count). The molecule has 9 nitrogen and oxygen atoms in total. The Bertz CT molecular complexity index is 1030. The minimum atomic E-state index is -0.961. The summed E-state index contributed by atoms with van der Waals surface area (Å²) in [5.41, 5.74) is 1.54. The number of anilines is 1. The second kappa shape index (κ2) is 10.5. The van der Waals surface area contributed by atoms with Gasteiger partial charge in [-0.05, 0) is 30.2 Å². The van der Waals surface area contributed by atoms with Crippen molar-refractivity contribution in [3.63, 3.8) is 0 Å². The first-order valence-electron chi connectivity index (χ1n) is 9.47. The molecule has 3 amide bonds. The minimum absolute atomic E-state index is 0.0882. The number of amides is 3. The molecule has 2 N–H and O–H groups in total. The van der Waals surface area contributed by atoms with Gasteiger partial charge in [-0.1, -0.05) is 12.1 Å². The molecule has 1 atom stereocenters. The highest BCUT2D eigenvalue weighted by atomic mass is 32.1. The summed E-state index contributed by atoms with van der Waals surface area (Å²) in [7, 11) is 3.15. The molecule has 0 radical (unpaired) electrons. The first-order chi connectivity index (χ1) is 15.0. The number of hydrogen-bond donors (Lipinski definition) is 2. The summed E-state index contributed by atoms with van der Waals surface area (Å²) in [6, 6.07) is 5.61. The number of thiazole rings is 1. The van der Waals surface area contributed by atoms with Crippen molar-refractivity contribution >= 4 is 40.4 Å². The molecule has 1 aliphatic rings. The third-order valence-corrected chi connectivity index (χ3v) is 5.25. The van der Waals surface area contributed by atoms with E-state index in [1.807, 2.05) is 18.2 Å². The summed E-state index contributed by atoms with van der Waals surface area (Å²) >= 11 is 1.19. The van der Waals surface area contributed by atoms with Gasteiger partial charge in [0.15, 0.2) is 16.6 Å². The molecule has 1 aliphatic heterocycles. The Morgan fingerprint density at radius 1 is 1.19 bits per heavy atom. The Hall–Kier alpha value is -3.53. The summed E-state index contributed by atoms with van der Waals surface area (Å²) in [4.78, 5) is 43.9. The molecule has 1 aromatic carbocycles. The van der Waals surface area contributed by atoms with Crippen LogP contribution in [0.2, 0.25) is 0 Å². The van der Waals surface area contributed by atoms with E-state index in [1.54, 1.807) is 25.7 Å². The second-order valence-corrected chi connectivity index (χ2v) is 7.44. The van der Waals surface area contributed by atoms with E-state index in [1.165, 1.54) is 23.6 Å².